The van der Waals surface area contributed by atoms with Gasteiger partial charge in [-0.2, -0.15) is 0 Å². The molecular weight excluding hydrogens is 232 g/mol. The molecule has 0 unspecified atom stereocenters. The summed E-state index contributed by atoms with van der Waals surface area (Å²) in [6.45, 7) is 0.275. The van der Waals surface area contributed by atoms with Crippen LogP contribution in [0, 0.1) is 5.41 Å². The molecule has 0 atom stereocenters. The zero-order chi connectivity index (χ0) is 11.3. The Hall–Kier alpha value is -0.810. The molecule has 0 saturated heterocycles. The summed E-state index contributed by atoms with van der Waals surface area (Å²) in [5, 5.41) is 2.57. The fourth-order valence-corrected chi connectivity index (χ4v) is 1.99. The summed E-state index contributed by atoms with van der Waals surface area (Å²) in [6.07, 6.45) is 3.69. The fourth-order valence-electron chi connectivity index (χ4n) is 1.99. The van der Waals surface area contributed by atoms with Crippen LogP contribution in [-0.4, -0.2) is 32.1 Å². The Balaban J connectivity index is 0.00000225. The zero-order valence-corrected chi connectivity index (χ0v) is 10.3. The Morgan fingerprint density at radius 3 is 2.38 bits per heavy atom. The molecule has 1 fully saturated rings. The number of halogens is 1. The summed E-state index contributed by atoms with van der Waals surface area (Å²) in [5.41, 5.74) is 5.18. The van der Waals surface area contributed by atoms with Crippen LogP contribution >= 0.6 is 12.4 Å². The molecule has 1 aliphatic rings. The highest BCUT2D eigenvalue weighted by molar-refractivity contribution is 5.86. The molecule has 3 N–H and O–H groups in total. The molecule has 6 heteroatoms. The minimum atomic E-state index is -0.450. The summed E-state index contributed by atoms with van der Waals surface area (Å²) in [4.78, 5) is 22.7. The van der Waals surface area contributed by atoms with E-state index in [4.69, 9.17) is 5.73 Å². The number of nitrogens with two attached hydrogens (primary N) is 1. The molecule has 0 aliphatic heterocycles. The van der Waals surface area contributed by atoms with E-state index in [1.807, 2.05) is 0 Å². The molecule has 1 saturated carbocycles. The first kappa shape index (κ1) is 15.2. The quantitative estimate of drug-likeness (QED) is 0.700. The average molecular weight is 251 g/mol. The minimum absolute atomic E-state index is 0. The molecule has 1 rings (SSSR count). The van der Waals surface area contributed by atoms with E-state index in [0.717, 1.165) is 25.7 Å². The molecule has 0 spiro atoms. The van der Waals surface area contributed by atoms with Crippen molar-refractivity contribution in [2.75, 3.05) is 20.2 Å². The molecule has 5 nitrogen and oxygen atoms in total. The standard InChI is InChI=1S/C10H18N2O3.ClH/c1-15-8(13)6-12-9(14)10(7-11)4-2-3-5-10;/h2-7,11H2,1H3,(H,12,14);1H. The van der Waals surface area contributed by atoms with Crippen molar-refractivity contribution >= 4 is 24.3 Å². The summed E-state index contributed by atoms with van der Waals surface area (Å²) >= 11 is 0. The van der Waals surface area contributed by atoms with E-state index >= 15 is 0 Å². The molecule has 1 aliphatic carbocycles. The van der Waals surface area contributed by atoms with Crippen molar-refractivity contribution in [2.45, 2.75) is 25.7 Å². The number of hydrogen-bond acceptors (Lipinski definition) is 4. The first-order valence-corrected chi connectivity index (χ1v) is 5.20. The smallest absolute Gasteiger partial charge is 0.325 e. The third kappa shape index (κ3) is 3.35. The van der Waals surface area contributed by atoms with Gasteiger partial charge in [-0.25, -0.2) is 0 Å². The number of methoxy groups -OCH3 is 1. The molecule has 0 radical (unpaired) electrons. The predicted octanol–water partition coefficient (Wildman–Crippen LogP) is 0.216. The predicted molar refractivity (Wildman–Crippen MR) is 62.2 cm³/mol. The van der Waals surface area contributed by atoms with Gasteiger partial charge >= 0.3 is 5.97 Å². The summed E-state index contributed by atoms with van der Waals surface area (Å²) in [7, 11) is 1.29. The highest BCUT2D eigenvalue weighted by Crippen LogP contribution is 2.37. The lowest BCUT2D eigenvalue weighted by Gasteiger charge is -2.25. The Morgan fingerprint density at radius 1 is 1.38 bits per heavy atom. The van der Waals surface area contributed by atoms with Crippen molar-refractivity contribution in [2.24, 2.45) is 11.1 Å². The second-order valence-corrected chi connectivity index (χ2v) is 3.95. The van der Waals surface area contributed by atoms with E-state index in [-0.39, 0.29) is 24.9 Å². The van der Waals surface area contributed by atoms with E-state index in [9.17, 15) is 9.59 Å². The minimum Gasteiger partial charge on any atom is -0.468 e. The Morgan fingerprint density at radius 2 is 1.94 bits per heavy atom. The van der Waals surface area contributed by atoms with Crippen LogP contribution in [-0.2, 0) is 14.3 Å². The van der Waals surface area contributed by atoms with E-state index in [0.29, 0.717) is 6.54 Å². The summed E-state index contributed by atoms with van der Waals surface area (Å²) < 4.78 is 4.44. The number of amides is 1. The van der Waals surface area contributed by atoms with Crippen LogP contribution in [0.2, 0.25) is 0 Å². The highest BCUT2D eigenvalue weighted by Gasteiger charge is 2.39. The second kappa shape index (κ2) is 6.70. The van der Waals surface area contributed by atoms with Crippen LogP contribution in [0.1, 0.15) is 25.7 Å². The topological polar surface area (TPSA) is 81.4 Å². The van der Waals surface area contributed by atoms with Gasteiger partial charge in [-0.3, -0.25) is 9.59 Å². The van der Waals surface area contributed by atoms with Gasteiger partial charge < -0.3 is 15.8 Å². The zero-order valence-electron chi connectivity index (χ0n) is 9.45. The van der Waals surface area contributed by atoms with Gasteiger partial charge in [0, 0.05) is 6.54 Å². The highest BCUT2D eigenvalue weighted by atomic mass is 35.5. The van der Waals surface area contributed by atoms with Gasteiger partial charge in [0.15, 0.2) is 0 Å². The molecule has 94 valence electrons. The Kier molecular flexibility index (Phi) is 6.36. The maximum atomic E-state index is 11.8. The van der Waals surface area contributed by atoms with Crippen molar-refractivity contribution in [3.63, 3.8) is 0 Å². The maximum absolute atomic E-state index is 11.8. The molecule has 0 aromatic carbocycles. The van der Waals surface area contributed by atoms with Crippen molar-refractivity contribution < 1.29 is 14.3 Å². The fraction of sp³-hybridized carbons (Fsp3) is 0.800. The van der Waals surface area contributed by atoms with Gasteiger partial charge in [0.1, 0.15) is 6.54 Å². The van der Waals surface area contributed by atoms with Crippen molar-refractivity contribution in [3.8, 4) is 0 Å². The van der Waals surface area contributed by atoms with Crippen molar-refractivity contribution in [1.82, 2.24) is 5.32 Å². The molecule has 0 aromatic rings. The first-order chi connectivity index (χ1) is 7.14. The van der Waals surface area contributed by atoms with Gasteiger partial charge in [0.05, 0.1) is 12.5 Å². The van der Waals surface area contributed by atoms with Crippen LogP contribution in [0.25, 0.3) is 0 Å². The number of carbonyl (C=O) groups excluding carboxylic acids is 2. The molecule has 0 heterocycles. The Labute approximate surface area is 101 Å². The van der Waals surface area contributed by atoms with Crippen molar-refractivity contribution in [1.29, 1.82) is 0 Å². The lowest BCUT2D eigenvalue weighted by Crippen LogP contribution is -2.45. The maximum Gasteiger partial charge on any atom is 0.325 e. The van der Waals surface area contributed by atoms with Crippen LogP contribution in [0.15, 0.2) is 0 Å². The lowest BCUT2D eigenvalue weighted by molar-refractivity contribution is -0.142. The van der Waals surface area contributed by atoms with Crippen LogP contribution in [0.3, 0.4) is 0 Å². The normalized spacial score (nSPS) is 17.4. The molecule has 1 amide bonds. The number of rotatable bonds is 4. The first-order valence-electron chi connectivity index (χ1n) is 5.20. The largest absolute Gasteiger partial charge is 0.468 e. The molecule has 0 bridgehead atoms. The van der Waals surface area contributed by atoms with Gasteiger partial charge in [-0.15, -0.1) is 12.4 Å². The van der Waals surface area contributed by atoms with Crippen molar-refractivity contribution in [3.05, 3.63) is 0 Å². The van der Waals surface area contributed by atoms with E-state index < -0.39 is 11.4 Å². The summed E-state index contributed by atoms with van der Waals surface area (Å²) in [6, 6.07) is 0. The molecule has 16 heavy (non-hydrogen) atoms. The molecule has 0 aromatic heterocycles. The van der Waals surface area contributed by atoms with Gasteiger partial charge in [0.2, 0.25) is 5.91 Å². The third-order valence-corrected chi connectivity index (χ3v) is 3.05. The van der Waals surface area contributed by atoms with E-state index in [2.05, 4.69) is 10.1 Å². The molecular formula is C10H19ClN2O3. The van der Waals surface area contributed by atoms with E-state index in [1.165, 1.54) is 7.11 Å². The second-order valence-electron chi connectivity index (χ2n) is 3.95. The van der Waals surface area contributed by atoms with Gasteiger partial charge in [-0.1, -0.05) is 12.8 Å². The number of ether oxygens (including phenoxy) is 1. The van der Waals surface area contributed by atoms with E-state index in [1.54, 1.807) is 0 Å². The average Bonchev–Trinajstić information content (AvgIpc) is 2.75. The summed E-state index contributed by atoms with van der Waals surface area (Å²) in [5.74, 6) is -0.554. The lowest BCUT2D eigenvalue weighted by atomic mass is 9.85. The van der Waals surface area contributed by atoms with Gasteiger partial charge in [-0.05, 0) is 12.8 Å². The number of nitrogens with one attached hydrogen (secondary N) is 1. The SMILES string of the molecule is COC(=O)CNC(=O)C1(CN)CCCC1.Cl. The Bertz CT molecular complexity index is 252. The van der Waals surface area contributed by atoms with Gasteiger partial charge in [0.25, 0.3) is 0 Å². The monoisotopic (exact) mass is 250 g/mol. The van der Waals surface area contributed by atoms with Crippen LogP contribution in [0.5, 0.6) is 0 Å². The van der Waals surface area contributed by atoms with Crippen LogP contribution in [0.4, 0.5) is 0 Å². The van der Waals surface area contributed by atoms with Crippen LogP contribution < -0.4 is 11.1 Å². The number of esters is 1. The number of carbonyl (C=O) groups is 2. The third-order valence-electron chi connectivity index (χ3n) is 3.05. The number of hydrogen-bond donors (Lipinski definition) is 2.